The molecule has 114 valence electrons. The molecule has 1 heterocycles. The fourth-order valence-electron chi connectivity index (χ4n) is 2.11. The number of ether oxygens (including phenoxy) is 1. The predicted molar refractivity (Wildman–Crippen MR) is 79.9 cm³/mol. The molecule has 0 saturated carbocycles. The normalized spacial score (nSPS) is 15.1. The average molecular weight is 291 g/mol. The second-order valence-electron chi connectivity index (χ2n) is 6.13. The minimum atomic E-state index is -0.534. The number of carbonyl (C=O) groups excluding carboxylic acids is 2. The first-order valence-electron chi connectivity index (χ1n) is 6.90. The number of hydrogen-bond donors (Lipinski definition) is 3. The summed E-state index contributed by atoms with van der Waals surface area (Å²) in [5.41, 5.74) is 8.17. The number of hydrogen-bond acceptors (Lipinski definition) is 4. The van der Waals surface area contributed by atoms with Crippen molar-refractivity contribution < 1.29 is 14.3 Å². The molecular weight excluding hydrogens is 270 g/mol. The summed E-state index contributed by atoms with van der Waals surface area (Å²) in [4.78, 5) is 22.9. The van der Waals surface area contributed by atoms with Crippen LogP contribution in [0.15, 0.2) is 18.2 Å². The summed E-state index contributed by atoms with van der Waals surface area (Å²) in [6.07, 6.45) is -0.119. The third kappa shape index (κ3) is 4.19. The number of amides is 2. The molecule has 1 unspecified atom stereocenters. The van der Waals surface area contributed by atoms with Gasteiger partial charge in [-0.05, 0) is 38.0 Å². The lowest BCUT2D eigenvalue weighted by Crippen LogP contribution is -2.36. The van der Waals surface area contributed by atoms with Crippen molar-refractivity contribution in [1.82, 2.24) is 5.32 Å². The first kappa shape index (κ1) is 15.3. The summed E-state index contributed by atoms with van der Waals surface area (Å²) in [5, 5.41) is 5.42. The van der Waals surface area contributed by atoms with Crippen LogP contribution in [0.2, 0.25) is 0 Å². The summed E-state index contributed by atoms with van der Waals surface area (Å²) in [5.74, 6) is -0.0115. The van der Waals surface area contributed by atoms with Crippen molar-refractivity contribution in [3.63, 3.8) is 0 Å². The summed E-state index contributed by atoms with van der Waals surface area (Å²) in [7, 11) is 0. The molecule has 0 aromatic heterocycles. The first-order valence-corrected chi connectivity index (χ1v) is 6.90. The Labute approximate surface area is 124 Å². The Morgan fingerprint density at radius 1 is 1.48 bits per heavy atom. The number of nitrogens with one attached hydrogen (secondary N) is 2. The van der Waals surface area contributed by atoms with E-state index in [-0.39, 0.29) is 18.5 Å². The number of anilines is 1. The minimum absolute atomic E-state index is 0.0115. The third-order valence-electron chi connectivity index (χ3n) is 3.05. The van der Waals surface area contributed by atoms with Gasteiger partial charge in [0.05, 0.1) is 6.42 Å². The third-order valence-corrected chi connectivity index (χ3v) is 3.05. The van der Waals surface area contributed by atoms with Gasteiger partial charge in [-0.25, -0.2) is 4.79 Å². The first-order chi connectivity index (χ1) is 9.74. The van der Waals surface area contributed by atoms with Gasteiger partial charge in [-0.3, -0.25) is 4.79 Å². The number of rotatable bonds is 3. The Bertz CT molecular complexity index is 564. The molecule has 6 nitrogen and oxygen atoms in total. The highest BCUT2D eigenvalue weighted by Crippen LogP contribution is 2.25. The maximum Gasteiger partial charge on any atom is 0.407 e. The lowest BCUT2D eigenvalue weighted by atomic mass is 10.0. The SMILES string of the molecule is CC(C)(C)OC(=O)NCC(N)c1ccc2c(c1)CC(=O)N2. The predicted octanol–water partition coefficient (Wildman–Crippen LogP) is 1.71. The van der Waals surface area contributed by atoms with Gasteiger partial charge in [0, 0.05) is 18.3 Å². The van der Waals surface area contributed by atoms with E-state index in [9.17, 15) is 9.59 Å². The molecule has 1 atom stereocenters. The molecule has 6 heteroatoms. The van der Waals surface area contributed by atoms with Crippen molar-refractivity contribution in [1.29, 1.82) is 0 Å². The van der Waals surface area contributed by atoms with Gasteiger partial charge >= 0.3 is 6.09 Å². The van der Waals surface area contributed by atoms with Crippen LogP contribution in [0.25, 0.3) is 0 Å². The van der Waals surface area contributed by atoms with Crippen molar-refractivity contribution in [3.05, 3.63) is 29.3 Å². The molecule has 1 aromatic carbocycles. The molecule has 0 spiro atoms. The van der Waals surface area contributed by atoms with Crippen molar-refractivity contribution in [2.75, 3.05) is 11.9 Å². The van der Waals surface area contributed by atoms with E-state index >= 15 is 0 Å². The van der Waals surface area contributed by atoms with Crippen LogP contribution in [0, 0.1) is 0 Å². The lowest BCUT2D eigenvalue weighted by molar-refractivity contribution is -0.115. The van der Waals surface area contributed by atoms with E-state index in [0.717, 1.165) is 16.8 Å². The molecule has 0 bridgehead atoms. The van der Waals surface area contributed by atoms with Gasteiger partial charge in [-0.15, -0.1) is 0 Å². The van der Waals surface area contributed by atoms with Crippen LogP contribution in [-0.4, -0.2) is 24.1 Å². The number of fused-ring (bicyclic) bond motifs is 1. The van der Waals surface area contributed by atoms with Gasteiger partial charge in [0.1, 0.15) is 5.60 Å². The highest BCUT2D eigenvalue weighted by Gasteiger charge is 2.20. The summed E-state index contributed by atoms with van der Waals surface area (Å²) in [6.45, 7) is 5.68. The fourth-order valence-corrected chi connectivity index (χ4v) is 2.11. The molecule has 0 saturated heterocycles. The van der Waals surface area contributed by atoms with Gasteiger partial charge in [0.25, 0.3) is 0 Å². The second kappa shape index (κ2) is 5.73. The second-order valence-corrected chi connectivity index (χ2v) is 6.13. The number of nitrogens with two attached hydrogens (primary N) is 1. The van der Waals surface area contributed by atoms with Crippen LogP contribution in [0.4, 0.5) is 10.5 Å². The lowest BCUT2D eigenvalue weighted by Gasteiger charge is -2.21. The monoisotopic (exact) mass is 291 g/mol. The zero-order valence-electron chi connectivity index (χ0n) is 12.5. The molecule has 2 amide bonds. The number of carbonyl (C=O) groups is 2. The van der Waals surface area contributed by atoms with Gasteiger partial charge in [-0.2, -0.15) is 0 Å². The van der Waals surface area contributed by atoms with E-state index in [1.165, 1.54) is 0 Å². The van der Waals surface area contributed by atoms with Gasteiger partial charge in [0.15, 0.2) is 0 Å². The molecule has 1 aliphatic rings. The van der Waals surface area contributed by atoms with Crippen molar-refractivity contribution in [3.8, 4) is 0 Å². The molecule has 0 aliphatic carbocycles. The molecular formula is C15H21N3O3. The van der Waals surface area contributed by atoms with Crippen molar-refractivity contribution >= 4 is 17.7 Å². The quantitative estimate of drug-likeness (QED) is 0.790. The molecule has 0 radical (unpaired) electrons. The van der Waals surface area contributed by atoms with Crippen molar-refractivity contribution in [2.24, 2.45) is 5.73 Å². The van der Waals surface area contributed by atoms with E-state index in [0.29, 0.717) is 6.42 Å². The van der Waals surface area contributed by atoms with E-state index in [1.54, 1.807) is 20.8 Å². The molecule has 1 aliphatic heterocycles. The molecule has 4 N–H and O–H groups in total. The zero-order chi connectivity index (χ0) is 15.6. The van der Waals surface area contributed by atoms with Gasteiger partial charge < -0.3 is 21.1 Å². The van der Waals surface area contributed by atoms with Crippen molar-refractivity contribution in [2.45, 2.75) is 38.8 Å². The smallest absolute Gasteiger partial charge is 0.407 e. The Kier molecular flexibility index (Phi) is 4.18. The van der Waals surface area contributed by atoms with E-state index in [4.69, 9.17) is 10.5 Å². The van der Waals surface area contributed by atoms with Crippen LogP contribution in [0.3, 0.4) is 0 Å². The van der Waals surface area contributed by atoms with E-state index in [1.807, 2.05) is 18.2 Å². The van der Waals surface area contributed by atoms with Crippen LogP contribution in [-0.2, 0) is 16.0 Å². The number of benzene rings is 1. The highest BCUT2D eigenvalue weighted by molar-refractivity contribution is 5.99. The van der Waals surface area contributed by atoms with E-state index < -0.39 is 11.7 Å². The number of alkyl carbamates (subject to hydrolysis) is 1. The summed E-state index contributed by atoms with van der Waals surface area (Å²) >= 11 is 0. The fraction of sp³-hybridized carbons (Fsp3) is 0.467. The van der Waals surface area contributed by atoms with E-state index in [2.05, 4.69) is 10.6 Å². The summed E-state index contributed by atoms with van der Waals surface area (Å²) < 4.78 is 5.15. The Morgan fingerprint density at radius 3 is 2.86 bits per heavy atom. The van der Waals surface area contributed by atoms with Crippen LogP contribution in [0.1, 0.15) is 37.9 Å². The maximum absolute atomic E-state index is 11.6. The van der Waals surface area contributed by atoms with Gasteiger partial charge in [0.2, 0.25) is 5.91 Å². The Morgan fingerprint density at radius 2 is 2.19 bits per heavy atom. The molecule has 0 fully saturated rings. The maximum atomic E-state index is 11.6. The van der Waals surface area contributed by atoms with Gasteiger partial charge in [-0.1, -0.05) is 12.1 Å². The minimum Gasteiger partial charge on any atom is -0.444 e. The molecule has 21 heavy (non-hydrogen) atoms. The molecule has 1 aromatic rings. The summed E-state index contributed by atoms with van der Waals surface area (Å²) in [6, 6.07) is 5.24. The van der Waals surface area contributed by atoms with Crippen LogP contribution in [0.5, 0.6) is 0 Å². The molecule has 2 rings (SSSR count). The average Bonchev–Trinajstić information content (AvgIpc) is 2.72. The Balaban J connectivity index is 1.92. The van der Waals surface area contributed by atoms with Crippen LogP contribution < -0.4 is 16.4 Å². The topological polar surface area (TPSA) is 93.4 Å². The Hall–Kier alpha value is -2.08. The van der Waals surface area contributed by atoms with Crippen LogP contribution >= 0.6 is 0 Å². The highest BCUT2D eigenvalue weighted by atomic mass is 16.6. The zero-order valence-corrected chi connectivity index (χ0v) is 12.5. The standard InChI is InChI=1S/C15H21N3O3/c1-15(2,3)21-14(20)17-8-11(16)9-4-5-12-10(6-9)7-13(19)18-12/h4-6,11H,7-8,16H2,1-3H3,(H,17,20)(H,18,19). The largest absolute Gasteiger partial charge is 0.444 e.